The van der Waals surface area contributed by atoms with Crippen LogP contribution in [0.3, 0.4) is 0 Å². The second-order valence-corrected chi connectivity index (χ2v) is 5.39. The Morgan fingerprint density at radius 2 is 1.80 bits per heavy atom. The standard InChI is InChI=1S/C12H16O2S/c1-2-3-4-8-11-15(13,14)12-9-6-5-7-10-12/h4-10H,2-3,11H2,1H3/b8-4+. The molecule has 0 amide bonds. The van der Waals surface area contributed by atoms with Crippen LogP contribution in [0.5, 0.6) is 0 Å². The first-order valence-corrected chi connectivity index (χ1v) is 6.75. The van der Waals surface area contributed by atoms with E-state index in [1.807, 2.05) is 12.1 Å². The molecule has 0 N–H and O–H groups in total. The molecule has 0 atom stereocenters. The van der Waals surface area contributed by atoms with Gasteiger partial charge in [-0.15, -0.1) is 0 Å². The third kappa shape index (κ3) is 3.88. The molecule has 0 radical (unpaired) electrons. The van der Waals surface area contributed by atoms with E-state index in [1.54, 1.807) is 30.3 Å². The predicted octanol–water partition coefficient (Wildman–Crippen LogP) is 2.82. The minimum Gasteiger partial charge on any atom is -0.223 e. The molecule has 0 bridgehead atoms. The summed E-state index contributed by atoms with van der Waals surface area (Å²) in [5, 5.41) is 0. The number of allylic oxidation sites excluding steroid dienone is 1. The van der Waals surface area contributed by atoms with Crippen LogP contribution < -0.4 is 0 Å². The van der Waals surface area contributed by atoms with Crippen molar-refractivity contribution in [2.45, 2.75) is 24.7 Å². The van der Waals surface area contributed by atoms with Gasteiger partial charge in [0.1, 0.15) is 0 Å². The van der Waals surface area contributed by atoms with Gasteiger partial charge in [-0.3, -0.25) is 0 Å². The first kappa shape index (κ1) is 12.0. The number of sulfone groups is 1. The van der Waals surface area contributed by atoms with Gasteiger partial charge in [0.15, 0.2) is 9.84 Å². The van der Waals surface area contributed by atoms with E-state index >= 15 is 0 Å². The van der Waals surface area contributed by atoms with Gasteiger partial charge in [0, 0.05) is 0 Å². The van der Waals surface area contributed by atoms with Crippen LogP contribution in [0, 0.1) is 0 Å². The average Bonchev–Trinajstić information content (AvgIpc) is 2.26. The second kappa shape index (κ2) is 5.71. The third-order valence-corrected chi connectivity index (χ3v) is 3.66. The lowest BCUT2D eigenvalue weighted by Crippen LogP contribution is -2.04. The summed E-state index contributed by atoms with van der Waals surface area (Å²) in [5.41, 5.74) is 0. The highest BCUT2D eigenvalue weighted by molar-refractivity contribution is 7.91. The third-order valence-electron chi connectivity index (χ3n) is 2.04. The van der Waals surface area contributed by atoms with Crippen LogP contribution >= 0.6 is 0 Å². The van der Waals surface area contributed by atoms with Gasteiger partial charge in [0.2, 0.25) is 0 Å². The van der Waals surface area contributed by atoms with Crippen molar-refractivity contribution in [2.24, 2.45) is 0 Å². The molecule has 0 spiro atoms. The van der Waals surface area contributed by atoms with Crippen LogP contribution in [0.4, 0.5) is 0 Å². The fourth-order valence-electron chi connectivity index (χ4n) is 1.20. The minimum absolute atomic E-state index is 0.0943. The van der Waals surface area contributed by atoms with Gasteiger partial charge >= 0.3 is 0 Å². The molecule has 2 nitrogen and oxygen atoms in total. The Balaban J connectivity index is 2.69. The highest BCUT2D eigenvalue weighted by Crippen LogP contribution is 2.10. The summed E-state index contributed by atoms with van der Waals surface area (Å²) in [6, 6.07) is 8.54. The van der Waals surface area contributed by atoms with E-state index in [9.17, 15) is 8.42 Å². The van der Waals surface area contributed by atoms with Gasteiger partial charge in [0.05, 0.1) is 10.6 Å². The number of hydrogen-bond acceptors (Lipinski definition) is 2. The van der Waals surface area contributed by atoms with Crippen molar-refractivity contribution in [3.63, 3.8) is 0 Å². The summed E-state index contributed by atoms with van der Waals surface area (Å²) >= 11 is 0. The van der Waals surface area contributed by atoms with Crippen LogP contribution in [0.15, 0.2) is 47.4 Å². The molecular weight excluding hydrogens is 208 g/mol. The highest BCUT2D eigenvalue weighted by atomic mass is 32.2. The smallest absolute Gasteiger partial charge is 0.181 e. The zero-order valence-electron chi connectivity index (χ0n) is 8.89. The zero-order valence-corrected chi connectivity index (χ0v) is 9.70. The van der Waals surface area contributed by atoms with Gasteiger partial charge in [-0.05, 0) is 18.6 Å². The Hall–Kier alpha value is -1.09. The Kier molecular flexibility index (Phi) is 4.56. The quantitative estimate of drug-likeness (QED) is 0.721. The molecule has 15 heavy (non-hydrogen) atoms. The molecule has 0 aliphatic rings. The summed E-state index contributed by atoms with van der Waals surface area (Å²) in [6.07, 6.45) is 5.62. The maximum Gasteiger partial charge on any atom is 0.181 e. The maximum absolute atomic E-state index is 11.7. The minimum atomic E-state index is -3.13. The molecule has 0 aliphatic carbocycles. The largest absolute Gasteiger partial charge is 0.223 e. The first-order chi connectivity index (χ1) is 7.17. The molecule has 1 rings (SSSR count). The lowest BCUT2D eigenvalue weighted by atomic mass is 10.3. The topological polar surface area (TPSA) is 34.1 Å². The number of benzene rings is 1. The lowest BCUT2D eigenvalue weighted by Gasteiger charge is -1.99. The van der Waals surface area contributed by atoms with E-state index in [0.29, 0.717) is 4.90 Å². The molecule has 0 aromatic heterocycles. The Morgan fingerprint density at radius 3 is 2.40 bits per heavy atom. The normalized spacial score (nSPS) is 12.1. The van der Waals surface area contributed by atoms with Crippen LogP contribution in [0.25, 0.3) is 0 Å². The molecule has 1 aromatic rings. The highest BCUT2D eigenvalue weighted by Gasteiger charge is 2.10. The van der Waals surface area contributed by atoms with E-state index in [-0.39, 0.29) is 5.75 Å². The number of rotatable bonds is 5. The summed E-state index contributed by atoms with van der Waals surface area (Å²) in [6.45, 7) is 2.07. The molecule has 0 saturated heterocycles. The summed E-state index contributed by atoms with van der Waals surface area (Å²) in [7, 11) is -3.13. The summed E-state index contributed by atoms with van der Waals surface area (Å²) in [5.74, 6) is 0.0943. The SMILES string of the molecule is CCC/C=C/CS(=O)(=O)c1ccccc1. The van der Waals surface area contributed by atoms with E-state index in [0.717, 1.165) is 12.8 Å². The molecule has 0 heterocycles. The van der Waals surface area contributed by atoms with Crippen LogP contribution in [-0.2, 0) is 9.84 Å². The van der Waals surface area contributed by atoms with Crippen molar-refractivity contribution in [2.75, 3.05) is 5.75 Å². The van der Waals surface area contributed by atoms with Gasteiger partial charge in [-0.25, -0.2) is 8.42 Å². The second-order valence-electron chi connectivity index (χ2n) is 3.35. The van der Waals surface area contributed by atoms with Crippen LogP contribution in [0.1, 0.15) is 19.8 Å². The van der Waals surface area contributed by atoms with E-state index in [1.165, 1.54) is 0 Å². The van der Waals surface area contributed by atoms with E-state index < -0.39 is 9.84 Å². The van der Waals surface area contributed by atoms with Crippen molar-refractivity contribution in [3.8, 4) is 0 Å². The van der Waals surface area contributed by atoms with Crippen LogP contribution in [-0.4, -0.2) is 14.2 Å². The predicted molar refractivity (Wildman–Crippen MR) is 62.5 cm³/mol. The maximum atomic E-state index is 11.7. The Morgan fingerprint density at radius 1 is 1.13 bits per heavy atom. The lowest BCUT2D eigenvalue weighted by molar-refractivity contribution is 0.599. The van der Waals surface area contributed by atoms with E-state index in [2.05, 4.69) is 6.92 Å². The van der Waals surface area contributed by atoms with Gasteiger partial charge in [-0.2, -0.15) is 0 Å². The Bertz CT molecular complexity index is 405. The van der Waals surface area contributed by atoms with Gasteiger partial charge in [0.25, 0.3) is 0 Å². The van der Waals surface area contributed by atoms with Gasteiger partial charge in [-0.1, -0.05) is 43.7 Å². The zero-order chi connectivity index (χ0) is 11.1. The van der Waals surface area contributed by atoms with Crippen molar-refractivity contribution >= 4 is 9.84 Å². The van der Waals surface area contributed by atoms with Crippen molar-refractivity contribution in [1.82, 2.24) is 0 Å². The molecule has 0 unspecified atom stereocenters. The molecule has 0 saturated carbocycles. The number of unbranched alkanes of at least 4 members (excludes halogenated alkanes) is 1. The monoisotopic (exact) mass is 224 g/mol. The van der Waals surface area contributed by atoms with Crippen molar-refractivity contribution < 1.29 is 8.42 Å². The summed E-state index contributed by atoms with van der Waals surface area (Å²) < 4.78 is 23.5. The first-order valence-electron chi connectivity index (χ1n) is 5.09. The average molecular weight is 224 g/mol. The summed E-state index contributed by atoms with van der Waals surface area (Å²) in [4.78, 5) is 0.395. The molecule has 3 heteroatoms. The van der Waals surface area contributed by atoms with E-state index in [4.69, 9.17) is 0 Å². The fourth-order valence-corrected chi connectivity index (χ4v) is 2.36. The van der Waals surface area contributed by atoms with Crippen LogP contribution in [0.2, 0.25) is 0 Å². The fraction of sp³-hybridized carbons (Fsp3) is 0.333. The molecule has 1 aromatic carbocycles. The molecule has 0 aliphatic heterocycles. The molecule has 82 valence electrons. The number of hydrogen-bond donors (Lipinski definition) is 0. The molecule has 0 fully saturated rings. The van der Waals surface area contributed by atoms with Crippen molar-refractivity contribution in [3.05, 3.63) is 42.5 Å². The Labute approximate surface area is 91.6 Å². The van der Waals surface area contributed by atoms with Crippen molar-refractivity contribution in [1.29, 1.82) is 0 Å². The van der Waals surface area contributed by atoms with Gasteiger partial charge < -0.3 is 0 Å². The molecular formula is C12H16O2S.